The molecule has 3 aromatic rings. The van der Waals surface area contributed by atoms with Gasteiger partial charge >= 0.3 is 6.18 Å². The molecule has 1 amide bonds. The van der Waals surface area contributed by atoms with Gasteiger partial charge in [-0.25, -0.2) is 4.98 Å². The highest BCUT2D eigenvalue weighted by molar-refractivity contribution is 5.88. The molecule has 0 unspecified atom stereocenters. The number of hydrogen-bond donors (Lipinski definition) is 1. The van der Waals surface area contributed by atoms with Crippen molar-refractivity contribution in [2.24, 2.45) is 0 Å². The zero-order valence-electron chi connectivity index (χ0n) is 13.5. The van der Waals surface area contributed by atoms with E-state index in [0.717, 1.165) is 6.20 Å². The second-order valence-electron chi connectivity index (χ2n) is 6.17. The fraction of sp³-hybridized carbons (Fsp3) is 0.294. The number of furan rings is 1. The molecule has 2 aromatic heterocycles. The van der Waals surface area contributed by atoms with Crippen LogP contribution in [-0.4, -0.2) is 32.0 Å². The van der Waals surface area contributed by atoms with Gasteiger partial charge in [-0.15, -0.1) is 0 Å². The number of fused-ring (bicyclic) bond motifs is 2. The number of nitrogens with zero attached hydrogens (tertiary/aromatic N) is 3. The molecule has 1 aliphatic heterocycles. The second-order valence-corrected chi connectivity index (χ2v) is 6.17. The zero-order valence-corrected chi connectivity index (χ0v) is 13.5. The Morgan fingerprint density at radius 3 is 2.88 bits per heavy atom. The molecular formula is C17H14F3N3O3. The highest BCUT2D eigenvalue weighted by atomic mass is 19.4. The molecule has 0 radical (unpaired) electrons. The standard InChI is InChI=1S/C17H14F3N3O3/c18-17(19,20)14-7-22-3-4-23(8-15(22)21-14)16(25)5-10-9-26-13-6-11(24)1-2-12(10)13/h1-2,6-7,9,24H,3-5,8H2. The maximum Gasteiger partial charge on any atom is 0.434 e. The van der Waals surface area contributed by atoms with Gasteiger partial charge < -0.3 is 19.0 Å². The maximum atomic E-state index is 12.8. The van der Waals surface area contributed by atoms with Crippen LogP contribution in [-0.2, 0) is 30.5 Å². The lowest BCUT2D eigenvalue weighted by molar-refractivity contribution is -0.141. The Morgan fingerprint density at radius 2 is 2.12 bits per heavy atom. The average molecular weight is 365 g/mol. The lowest BCUT2D eigenvalue weighted by Gasteiger charge is -2.27. The van der Waals surface area contributed by atoms with Crippen LogP contribution in [0.5, 0.6) is 5.75 Å². The fourth-order valence-electron chi connectivity index (χ4n) is 3.09. The molecule has 6 nitrogen and oxygen atoms in total. The van der Waals surface area contributed by atoms with Crippen molar-refractivity contribution >= 4 is 16.9 Å². The number of carbonyl (C=O) groups is 1. The molecule has 0 spiro atoms. The number of rotatable bonds is 2. The quantitative estimate of drug-likeness (QED) is 0.758. The lowest BCUT2D eigenvalue weighted by Crippen LogP contribution is -2.39. The average Bonchev–Trinajstić information content (AvgIpc) is 3.17. The molecule has 0 aliphatic carbocycles. The van der Waals surface area contributed by atoms with E-state index in [0.29, 0.717) is 23.1 Å². The van der Waals surface area contributed by atoms with Gasteiger partial charge in [0.2, 0.25) is 5.91 Å². The summed E-state index contributed by atoms with van der Waals surface area (Å²) in [5.41, 5.74) is 0.189. The van der Waals surface area contributed by atoms with Crippen LogP contribution in [0.4, 0.5) is 13.2 Å². The van der Waals surface area contributed by atoms with E-state index in [4.69, 9.17) is 4.42 Å². The normalized spacial score (nSPS) is 14.7. The molecule has 136 valence electrons. The van der Waals surface area contributed by atoms with Crippen LogP contribution in [0.2, 0.25) is 0 Å². The van der Waals surface area contributed by atoms with Gasteiger partial charge in [-0.3, -0.25) is 4.79 Å². The summed E-state index contributed by atoms with van der Waals surface area (Å²) < 4.78 is 45.1. The van der Waals surface area contributed by atoms with Gasteiger partial charge in [0.1, 0.15) is 17.2 Å². The van der Waals surface area contributed by atoms with Crippen molar-refractivity contribution < 1.29 is 27.5 Å². The fourth-order valence-corrected chi connectivity index (χ4v) is 3.09. The number of hydrogen-bond acceptors (Lipinski definition) is 4. The number of amides is 1. The van der Waals surface area contributed by atoms with Crippen molar-refractivity contribution in [3.8, 4) is 5.75 Å². The van der Waals surface area contributed by atoms with E-state index in [1.165, 1.54) is 27.9 Å². The minimum atomic E-state index is -4.50. The van der Waals surface area contributed by atoms with Crippen LogP contribution in [0.3, 0.4) is 0 Å². The Kier molecular flexibility index (Phi) is 3.67. The Hall–Kier alpha value is -2.97. The molecule has 1 aromatic carbocycles. The first-order valence-corrected chi connectivity index (χ1v) is 7.91. The first-order valence-electron chi connectivity index (χ1n) is 7.91. The van der Waals surface area contributed by atoms with Crippen LogP contribution < -0.4 is 0 Å². The van der Waals surface area contributed by atoms with Crippen LogP contribution >= 0.6 is 0 Å². The minimum Gasteiger partial charge on any atom is -0.508 e. The Bertz CT molecular complexity index is 990. The molecule has 0 atom stereocenters. The Balaban J connectivity index is 1.51. The summed E-state index contributed by atoms with van der Waals surface area (Å²) in [4.78, 5) is 17.7. The number of aromatic hydroxyl groups is 1. The van der Waals surface area contributed by atoms with Gasteiger partial charge in [-0.2, -0.15) is 13.2 Å². The summed E-state index contributed by atoms with van der Waals surface area (Å²) >= 11 is 0. The van der Waals surface area contributed by atoms with Crippen LogP contribution in [0, 0.1) is 0 Å². The molecule has 4 rings (SSSR count). The predicted octanol–water partition coefficient (Wildman–Crippen LogP) is 2.94. The van der Waals surface area contributed by atoms with E-state index in [1.54, 1.807) is 6.07 Å². The minimum absolute atomic E-state index is 0.0332. The van der Waals surface area contributed by atoms with Crippen molar-refractivity contribution in [3.05, 3.63) is 47.7 Å². The van der Waals surface area contributed by atoms with E-state index in [9.17, 15) is 23.1 Å². The molecule has 1 N–H and O–H groups in total. The van der Waals surface area contributed by atoms with Gasteiger partial charge in [0.15, 0.2) is 5.69 Å². The van der Waals surface area contributed by atoms with E-state index in [1.807, 2.05) is 0 Å². The Morgan fingerprint density at radius 1 is 1.31 bits per heavy atom. The van der Waals surface area contributed by atoms with Crippen LogP contribution in [0.25, 0.3) is 11.0 Å². The maximum absolute atomic E-state index is 12.8. The number of phenolic OH excluding ortho intramolecular Hbond substituents is 1. The van der Waals surface area contributed by atoms with Gasteiger partial charge in [-0.05, 0) is 12.1 Å². The molecular weight excluding hydrogens is 351 g/mol. The molecule has 3 heterocycles. The summed E-state index contributed by atoms with van der Waals surface area (Å²) in [7, 11) is 0. The molecule has 0 fully saturated rings. The highest BCUT2D eigenvalue weighted by Gasteiger charge is 2.36. The molecule has 9 heteroatoms. The number of benzene rings is 1. The van der Waals surface area contributed by atoms with E-state index in [2.05, 4.69) is 4.98 Å². The van der Waals surface area contributed by atoms with Crippen molar-refractivity contribution in [3.63, 3.8) is 0 Å². The number of alkyl halides is 3. The first-order chi connectivity index (χ1) is 12.3. The SMILES string of the molecule is O=C(Cc1coc2cc(O)ccc12)N1CCn2cc(C(F)(F)F)nc2C1. The summed E-state index contributed by atoms with van der Waals surface area (Å²) in [5.74, 6) is 0.0653. The first kappa shape index (κ1) is 16.5. The third-order valence-corrected chi connectivity index (χ3v) is 4.43. The second kappa shape index (κ2) is 5.79. The third kappa shape index (κ3) is 2.89. The van der Waals surface area contributed by atoms with Gasteiger partial charge in [-0.1, -0.05) is 0 Å². The topological polar surface area (TPSA) is 71.5 Å². The molecule has 0 saturated carbocycles. The lowest BCUT2D eigenvalue weighted by atomic mass is 10.1. The van der Waals surface area contributed by atoms with Crippen molar-refractivity contribution in [1.29, 1.82) is 0 Å². The largest absolute Gasteiger partial charge is 0.508 e. The summed E-state index contributed by atoms with van der Waals surface area (Å²) in [6.45, 7) is 0.617. The molecule has 1 aliphatic rings. The van der Waals surface area contributed by atoms with Gasteiger partial charge in [0.05, 0.1) is 19.2 Å². The van der Waals surface area contributed by atoms with Crippen molar-refractivity contribution in [2.45, 2.75) is 25.7 Å². The molecule has 0 saturated heterocycles. The molecule has 0 bridgehead atoms. The van der Waals surface area contributed by atoms with E-state index in [-0.39, 0.29) is 37.0 Å². The van der Waals surface area contributed by atoms with Crippen LogP contribution in [0.15, 0.2) is 35.1 Å². The number of phenols is 1. The summed E-state index contributed by atoms with van der Waals surface area (Å²) in [5, 5.41) is 10.2. The summed E-state index contributed by atoms with van der Waals surface area (Å²) in [6, 6.07) is 4.62. The van der Waals surface area contributed by atoms with E-state index < -0.39 is 11.9 Å². The Labute approximate surface area is 145 Å². The smallest absolute Gasteiger partial charge is 0.434 e. The van der Waals surface area contributed by atoms with Crippen molar-refractivity contribution in [1.82, 2.24) is 14.5 Å². The summed E-state index contributed by atoms with van der Waals surface area (Å²) in [6.07, 6.45) is -2.01. The van der Waals surface area contributed by atoms with E-state index >= 15 is 0 Å². The number of imidazole rings is 1. The predicted molar refractivity (Wildman–Crippen MR) is 84.2 cm³/mol. The van der Waals surface area contributed by atoms with Gasteiger partial charge in [0, 0.05) is 36.3 Å². The monoisotopic (exact) mass is 365 g/mol. The van der Waals surface area contributed by atoms with Crippen LogP contribution in [0.1, 0.15) is 17.1 Å². The number of aromatic nitrogens is 2. The number of carbonyl (C=O) groups excluding carboxylic acids is 1. The third-order valence-electron chi connectivity index (χ3n) is 4.43. The van der Waals surface area contributed by atoms with Gasteiger partial charge in [0.25, 0.3) is 0 Å². The number of halogens is 3. The highest BCUT2D eigenvalue weighted by Crippen LogP contribution is 2.30. The van der Waals surface area contributed by atoms with Crippen molar-refractivity contribution in [2.75, 3.05) is 6.54 Å². The molecule has 26 heavy (non-hydrogen) atoms. The zero-order chi connectivity index (χ0) is 18.5.